The number of benzene rings is 2. The van der Waals surface area contributed by atoms with Crippen LogP contribution in [0, 0.1) is 12.7 Å². The van der Waals surface area contributed by atoms with E-state index < -0.39 is 29.7 Å². The number of aromatic nitrogens is 1. The highest BCUT2D eigenvalue weighted by Crippen LogP contribution is 2.43. The molecule has 0 spiro atoms. The predicted octanol–water partition coefficient (Wildman–Crippen LogP) is 4.24. The van der Waals surface area contributed by atoms with Crippen LogP contribution in [0.25, 0.3) is 0 Å². The van der Waals surface area contributed by atoms with Crippen molar-refractivity contribution in [2.45, 2.75) is 31.8 Å². The van der Waals surface area contributed by atoms with Crippen molar-refractivity contribution >= 4 is 23.4 Å². The van der Waals surface area contributed by atoms with E-state index in [1.54, 1.807) is 37.4 Å². The second-order valence-electron chi connectivity index (χ2n) is 7.83. The monoisotopic (exact) mass is 453 g/mol. The number of amides is 2. The minimum atomic E-state index is -1.19. The third kappa shape index (κ3) is 3.91. The number of phenols is 1. The van der Waals surface area contributed by atoms with Gasteiger partial charge in [0.15, 0.2) is 0 Å². The Morgan fingerprint density at radius 2 is 2.06 bits per heavy atom. The number of hydrogen-bond donors (Lipinski definition) is 2. The SMILES string of the molecule is Cc1ccc(C(=O)N([C@@H]2CCc3c(F)cc(Cl)cc32)[C@@H](C(N)=O)c2cccnc2)c(O)c1. The number of carbonyl (C=O) groups is 2. The van der Waals surface area contributed by atoms with Crippen LogP contribution in [0.4, 0.5) is 4.39 Å². The Bertz CT molecular complexity index is 1200. The molecule has 4 rings (SSSR count). The van der Waals surface area contributed by atoms with Gasteiger partial charge in [-0.25, -0.2) is 4.39 Å². The highest BCUT2D eigenvalue weighted by atomic mass is 35.5. The van der Waals surface area contributed by atoms with E-state index in [2.05, 4.69) is 4.98 Å². The first-order valence-electron chi connectivity index (χ1n) is 10.1. The molecule has 0 unspecified atom stereocenters. The van der Waals surface area contributed by atoms with Gasteiger partial charge < -0.3 is 15.7 Å². The molecule has 2 aromatic carbocycles. The molecule has 0 saturated heterocycles. The smallest absolute Gasteiger partial charge is 0.259 e. The van der Waals surface area contributed by atoms with Crippen LogP contribution >= 0.6 is 11.6 Å². The molecule has 164 valence electrons. The molecule has 0 aliphatic heterocycles. The van der Waals surface area contributed by atoms with Gasteiger partial charge in [0.1, 0.15) is 17.6 Å². The van der Waals surface area contributed by atoms with Crippen LogP contribution in [0.15, 0.2) is 54.9 Å². The van der Waals surface area contributed by atoms with E-state index in [1.165, 1.54) is 29.3 Å². The summed E-state index contributed by atoms with van der Waals surface area (Å²) < 4.78 is 14.6. The molecule has 0 fully saturated rings. The van der Waals surface area contributed by atoms with Crippen molar-refractivity contribution < 1.29 is 19.1 Å². The molecule has 6 nitrogen and oxygen atoms in total. The van der Waals surface area contributed by atoms with Crippen molar-refractivity contribution in [1.29, 1.82) is 0 Å². The largest absolute Gasteiger partial charge is 0.507 e. The maximum absolute atomic E-state index is 14.6. The summed E-state index contributed by atoms with van der Waals surface area (Å²) >= 11 is 6.11. The van der Waals surface area contributed by atoms with E-state index in [0.29, 0.717) is 29.5 Å². The lowest BCUT2D eigenvalue weighted by Crippen LogP contribution is -2.43. The zero-order valence-electron chi connectivity index (χ0n) is 17.3. The number of phenolic OH excluding ortho intramolecular Hbond substituents is 1. The number of primary amides is 1. The zero-order chi connectivity index (χ0) is 23.0. The van der Waals surface area contributed by atoms with Crippen LogP contribution < -0.4 is 5.73 Å². The number of carbonyl (C=O) groups excluding carboxylic acids is 2. The third-order valence-corrected chi connectivity index (χ3v) is 5.94. The first-order valence-corrected chi connectivity index (χ1v) is 10.4. The lowest BCUT2D eigenvalue weighted by atomic mass is 9.98. The Kier molecular flexibility index (Phi) is 5.84. The summed E-state index contributed by atoms with van der Waals surface area (Å²) in [6.07, 6.45) is 3.73. The third-order valence-electron chi connectivity index (χ3n) is 5.72. The van der Waals surface area contributed by atoms with Crippen molar-refractivity contribution in [2.24, 2.45) is 5.73 Å². The van der Waals surface area contributed by atoms with Gasteiger partial charge in [-0.3, -0.25) is 14.6 Å². The van der Waals surface area contributed by atoms with Crippen molar-refractivity contribution in [1.82, 2.24) is 9.88 Å². The van der Waals surface area contributed by atoms with Gasteiger partial charge in [-0.05, 0) is 66.8 Å². The van der Waals surface area contributed by atoms with E-state index in [9.17, 15) is 19.1 Å². The average molecular weight is 454 g/mol. The van der Waals surface area contributed by atoms with Crippen molar-refractivity contribution in [3.05, 3.63) is 93.5 Å². The summed E-state index contributed by atoms with van der Waals surface area (Å²) in [5.41, 5.74) is 7.93. The second-order valence-corrected chi connectivity index (χ2v) is 8.27. The predicted molar refractivity (Wildman–Crippen MR) is 118 cm³/mol. The van der Waals surface area contributed by atoms with E-state index in [1.807, 2.05) is 0 Å². The summed E-state index contributed by atoms with van der Waals surface area (Å²) in [7, 11) is 0. The van der Waals surface area contributed by atoms with Gasteiger partial charge >= 0.3 is 0 Å². The molecule has 1 aromatic heterocycles. The van der Waals surface area contributed by atoms with Crippen LogP contribution in [-0.2, 0) is 11.2 Å². The molecule has 3 aromatic rings. The number of nitrogens with zero attached hydrogens (tertiary/aromatic N) is 2. The topological polar surface area (TPSA) is 96.5 Å². The van der Waals surface area contributed by atoms with Gasteiger partial charge in [0.2, 0.25) is 5.91 Å². The fraction of sp³-hybridized carbons (Fsp3) is 0.208. The number of fused-ring (bicyclic) bond motifs is 1. The van der Waals surface area contributed by atoms with Gasteiger partial charge in [-0.2, -0.15) is 0 Å². The highest BCUT2D eigenvalue weighted by molar-refractivity contribution is 6.30. The minimum absolute atomic E-state index is 0.0155. The van der Waals surface area contributed by atoms with Crippen molar-refractivity contribution in [2.75, 3.05) is 0 Å². The Labute approximate surface area is 189 Å². The highest BCUT2D eigenvalue weighted by Gasteiger charge is 2.41. The normalized spacial score (nSPS) is 15.8. The number of aromatic hydroxyl groups is 1. The molecular weight excluding hydrogens is 433 g/mol. The molecule has 0 radical (unpaired) electrons. The first-order chi connectivity index (χ1) is 15.3. The molecule has 8 heteroatoms. The van der Waals surface area contributed by atoms with Crippen LogP contribution in [0.3, 0.4) is 0 Å². The van der Waals surface area contributed by atoms with Crippen molar-refractivity contribution in [3.63, 3.8) is 0 Å². The number of hydrogen-bond acceptors (Lipinski definition) is 4. The average Bonchev–Trinajstić information content (AvgIpc) is 3.15. The molecule has 0 saturated carbocycles. The van der Waals surface area contributed by atoms with Gasteiger partial charge in [0, 0.05) is 23.0 Å². The van der Waals surface area contributed by atoms with Crippen LogP contribution in [-0.4, -0.2) is 26.8 Å². The first kappa shape index (κ1) is 21.8. The fourth-order valence-corrected chi connectivity index (χ4v) is 4.52. The van der Waals surface area contributed by atoms with Gasteiger partial charge in [-0.15, -0.1) is 0 Å². The molecule has 1 aliphatic rings. The molecular formula is C24H21ClFN3O3. The van der Waals surface area contributed by atoms with E-state index in [0.717, 1.165) is 5.56 Å². The maximum atomic E-state index is 14.6. The summed E-state index contributed by atoms with van der Waals surface area (Å²) in [4.78, 5) is 31.8. The summed E-state index contributed by atoms with van der Waals surface area (Å²) in [5, 5.41) is 10.7. The van der Waals surface area contributed by atoms with E-state index in [4.69, 9.17) is 17.3 Å². The van der Waals surface area contributed by atoms with Gasteiger partial charge in [0.05, 0.1) is 11.6 Å². The Morgan fingerprint density at radius 1 is 1.28 bits per heavy atom. The standard InChI is InChI=1S/C24H21ClFN3O3/c1-13-4-5-17(21(30)9-13)24(32)29(22(23(27)31)14-3-2-8-28-12-14)20-7-6-16-18(20)10-15(25)11-19(16)26/h2-5,8-12,20,22,30H,6-7H2,1H3,(H2,27,31)/t20-,22-/m1/s1. The second kappa shape index (κ2) is 8.59. The number of pyridine rings is 1. The Morgan fingerprint density at radius 3 is 2.72 bits per heavy atom. The molecule has 3 N–H and O–H groups in total. The maximum Gasteiger partial charge on any atom is 0.259 e. The Hall–Kier alpha value is -3.45. The van der Waals surface area contributed by atoms with Crippen LogP contribution in [0.2, 0.25) is 5.02 Å². The van der Waals surface area contributed by atoms with E-state index >= 15 is 0 Å². The summed E-state index contributed by atoms with van der Waals surface area (Å²) in [6, 6.07) is 8.90. The number of rotatable bonds is 5. The van der Waals surface area contributed by atoms with Crippen molar-refractivity contribution in [3.8, 4) is 5.75 Å². The zero-order valence-corrected chi connectivity index (χ0v) is 18.0. The number of halogens is 2. The van der Waals surface area contributed by atoms with Gasteiger partial charge in [0.25, 0.3) is 5.91 Å². The lowest BCUT2D eigenvalue weighted by Gasteiger charge is -2.36. The van der Waals surface area contributed by atoms with Gasteiger partial charge in [-0.1, -0.05) is 23.7 Å². The number of nitrogens with two attached hydrogens (primary N) is 1. The fourth-order valence-electron chi connectivity index (χ4n) is 4.31. The molecule has 2 atom stereocenters. The molecule has 1 heterocycles. The lowest BCUT2D eigenvalue weighted by molar-refractivity contribution is -0.123. The molecule has 0 bridgehead atoms. The minimum Gasteiger partial charge on any atom is -0.507 e. The molecule has 2 amide bonds. The Balaban J connectivity index is 1.90. The summed E-state index contributed by atoms with van der Waals surface area (Å²) in [5.74, 6) is -2.05. The molecule has 32 heavy (non-hydrogen) atoms. The number of aryl methyl sites for hydroxylation is 1. The molecule has 1 aliphatic carbocycles. The van der Waals surface area contributed by atoms with Crippen LogP contribution in [0.1, 0.15) is 51.1 Å². The van der Waals surface area contributed by atoms with Crippen LogP contribution in [0.5, 0.6) is 5.75 Å². The summed E-state index contributed by atoms with van der Waals surface area (Å²) in [6.45, 7) is 1.78. The van der Waals surface area contributed by atoms with E-state index in [-0.39, 0.29) is 16.3 Å². The quantitative estimate of drug-likeness (QED) is 0.603.